The summed E-state index contributed by atoms with van der Waals surface area (Å²) in [5, 5.41) is 0. The summed E-state index contributed by atoms with van der Waals surface area (Å²) in [4.78, 5) is 16.4. The zero-order valence-corrected chi connectivity index (χ0v) is 15.4. The van der Waals surface area contributed by atoms with Gasteiger partial charge < -0.3 is 15.2 Å². The SMILES string of the molecule is COc1cccc(C(C)C(C(N)=O)c2cccnc2)c1OC1CCCC1. The van der Waals surface area contributed by atoms with Crippen LogP contribution in [-0.2, 0) is 4.79 Å². The lowest BCUT2D eigenvalue weighted by Gasteiger charge is -2.26. The van der Waals surface area contributed by atoms with E-state index in [1.807, 2.05) is 37.3 Å². The monoisotopic (exact) mass is 354 g/mol. The molecule has 0 radical (unpaired) electrons. The quantitative estimate of drug-likeness (QED) is 0.821. The fourth-order valence-corrected chi connectivity index (χ4v) is 3.79. The molecule has 2 unspecified atom stereocenters. The molecule has 1 aromatic carbocycles. The zero-order valence-electron chi connectivity index (χ0n) is 15.4. The number of hydrogen-bond acceptors (Lipinski definition) is 4. The van der Waals surface area contributed by atoms with Crippen LogP contribution < -0.4 is 15.2 Å². The highest BCUT2D eigenvalue weighted by Crippen LogP contribution is 2.42. The van der Waals surface area contributed by atoms with Crippen LogP contribution in [0.1, 0.15) is 55.6 Å². The number of primary amides is 1. The molecule has 0 saturated heterocycles. The molecule has 0 bridgehead atoms. The first-order chi connectivity index (χ1) is 12.6. The maximum Gasteiger partial charge on any atom is 0.225 e. The van der Waals surface area contributed by atoms with Gasteiger partial charge in [0, 0.05) is 23.9 Å². The van der Waals surface area contributed by atoms with Crippen LogP contribution in [0.25, 0.3) is 0 Å². The third-order valence-corrected chi connectivity index (χ3v) is 5.16. The second kappa shape index (κ2) is 8.21. The van der Waals surface area contributed by atoms with E-state index in [0.717, 1.165) is 29.7 Å². The summed E-state index contributed by atoms with van der Waals surface area (Å²) >= 11 is 0. The van der Waals surface area contributed by atoms with Crippen LogP contribution in [0.5, 0.6) is 11.5 Å². The number of nitrogens with two attached hydrogens (primary N) is 1. The van der Waals surface area contributed by atoms with Gasteiger partial charge in [0.25, 0.3) is 0 Å². The predicted octanol–water partition coefficient (Wildman–Crippen LogP) is 3.78. The molecule has 5 heteroatoms. The normalized spacial score (nSPS) is 16.8. The van der Waals surface area contributed by atoms with E-state index in [1.54, 1.807) is 19.5 Å². The van der Waals surface area contributed by atoms with E-state index in [0.29, 0.717) is 5.75 Å². The molecule has 2 aromatic rings. The molecule has 2 atom stereocenters. The number of hydrogen-bond donors (Lipinski definition) is 1. The van der Waals surface area contributed by atoms with E-state index in [2.05, 4.69) is 4.98 Å². The lowest BCUT2D eigenvalue weighted by Crippen LogP contribution is -2.26. The van der Waals surface area contributed by atoms with E-state index in [9.17, 15) is 4.79 Å². The lowest BCUT2D eigenvalue weighted by molar-refractivity contribution is -0.119. The van der Waals surface area contributed by atoms with Crippen molar-refractivity contribution in [2.24, 2.45) is 5.73 Å². The van der Waals surface area contributed by atoms with Crippen LogP contribution in [0.2, 0.25) is 0 Å². The van der Waals surface area contributed by atoms with Crippen LogP contribution in [0.15, 0.2) is 42.7 Å². The molecule has 1 fully saturated rings. The third kappa shape index (κ3) is 3.82. The van der Waals surface area contributed by atoms with Gasteiger partial charge in [-0.05, 0) is 43.4 Å². The number of carbonyl (C=O) groups is 1. The van der Waals surface area contributed by atoms with Gasteiger partial charge in [0.2, 0.25) is 5.91 Å². The summed E-state index contributed by atoms with van der Waals surface area (Å²) in [6.07, 6.45) is 8.05. The summed E-state index contributed by atoms with van der Waals surface area (Å²) < 4.78 is 11.9. The molecule has 0 spiro atoms. The minimum atomic E-state index is -0.485. The molecular weight excluding hydrogens is 328 g/mol. The lowest BCUT2D eigenvalue weighted by atomic mass is 9.82. The van der Waals surface area contributed by atoms with Crippen molar-refractivity contribution in [3.05, 3.63) is 53.9 Å². The molecule has 138 valence electrons. The van der Waals surface area contributed by atoms with Crippen molar-refractivity contribution >= 4 is 5.91 Å². The Balaban J connectivity index is 1.99. The summed E-state index contributed by atoms with van der Waals surface area (Å²) in [7, 11) is 1.64. The number of nitrogens with zero attached hydrogens (tertiary/aromatic N) is 1. The summed E-state index contributed by atoms with van der Waals surface area (Å²) in [6, 6.07) is 9.51. The predicted molar refractivity (Wildman–Crippen MR) is 100 cm³/mol. The molecule has 0 aliphatic heterocycles. The Morgan fingerprint density at radius 3 is 2.62 bits per heavy atom. The largest absolute Gasteiger partial charge is 0.493 e. The standard InChI is InChI=1S/C21H26N2O3/c1-14(19(21(22)24)15-7-6-12-23-13-15)17-10-5-11-18(25-2)20(17)26-16-8-3-4-9-16/h5-7,10-14,16,19H,3-4,8-9H2,1-2H3,(H2,22,24). The van der Waals surface area contributed by atoms with Gasteiger partial charge in [0.1, 0.15) is 0 Å². The van der Waals surface area contributed by atoms with E-state index in [4.69, 9.17) is 15.2 Å². The van der Waals surface area contributed by atoms with E-state index < -0.39 is 5.92 Å². The molecule has 3 rings (SSSR count). The van der Waals surface area contributed by atoms with Crippen molar-refractivity contribution in [3.63, 3.8) is 0 Å². The molecule has 1 amide bonds. The highest BCUT2D eigenvalue weighted by atomic mass is 16.5. The maximum absolute atomic E-state index is 12.2. The highest BCUT2D eigenvalue weighted by Gasteiger charge is 2.30. The number of pyridine rings is 1. The Hall–Kier alpha value is -2.56. The molecule has 5 nitrogen and oxygen atoms in total. The van der Waals surface area contributed by atoms with Crippen molar-refractivity contribution in [1.29, 1.82) is 0 Å². The van der Waals surface area contributed by atoms with E-state index in [1.165, 1.54) is 12.8 Å². The topological polar surface area (TPSA) is 74.4 Å². The van der Waals surface area contributed by atoms with E-state index in [-0.39, 0.29) is 17.9 Å². The van der Waals surface area contributed by atoms with Crippen LogP contribution >= 0.6 is 0 Å². The first-order valence-corrected chi connectivity index (χ1v) is 9.14. The number of carbonyl (C=O) groups excluding carboxylic acids is 1. The van der Waals surface area contributed by atoms with Crippen molar-refractivity contribution in [1.82, 2.24) is 4.98 Å². The van der Waals surface area contributed by atoms with Crippen molar-refractivity contribution in [2.45, 2.75) is 50.5 Å². The molecule has 1 aliphatic carbocycles. The van der Waals surface area contributed by atoms with Gasteiger partial charge in [-0.25, -0.2) is 0 Å². The first-order valence-electron chi connectivity index (χ1n) is 9.14. The fourth-order valence-electron chi connectivity index (χ4n) is 3.79. The second-order valence-corrected chi connectivity index (χ2v) is 6.86. The number of benzene rings is 1. The minimum absolute atomic E-state index is 0.164. The van der Waals surface area contributed by atoms with Crippen LogP contribution in [0, 0.1) is 0 Å². The Labute approximate surface area is 154 Å². The minimum Gasteiger partial charge on any atom is -0.493 e. The zero-order chi connectivity index (χ0) is 18.5. The first kappa shape index (κ1) is 18.2. The van der Waals surface area contributed by atoms with Gasteiger partial charge >= 0.3 is 0 Å². The summed E-state index contributed by atoms with van der Waals surface area (Å²) in [5.74, 6) is 0.394. The average molecular weight is 354 g/mol. The number of amides is 1. The maximum atomic E-state index is 12.2. The summed E-state index contributed by atoms with van der Waals surface area (Å²) in [6.45, 7) is 2.00. The molecule has 26 heavy (non-hydrogen) atoms. The van der Waals surface area contributed by atoms with Crippen LogP contribution in [0.4, 0.5) is 0 Å². The number of para-hydroxylation sites is 1. The molecule has 1 saturated carbocycles. The number of ether oxygens (including phenoxy) is 2. The van der Waals surface area contributed by atoms with Crippen LogP contribution in [-0.4, -0.2) is 24.1 Å². The fraction of sp³-hybridized carbons (Fsp3) is 0.429. The van der Waals surface area contributed by atoms with Gasteiger partial charge in [0.15, 0.2) is 11.5 Å². The van der Waals surface area contributed by atoms with Crippen LogP contribution in [0.3, 0.4) is 0 Å². The van der Waals surface area contributed by atoms with Gasteiger partial charge in [0.05, 0.1) is 19.1 Å². The van der Waals surface area contributed by atoms with Gasteiger partial charge in [-0.15, -0.1) is 0 Å². The number of aromatic nitrogens is 1. The van der Waals surface area contributed by atoms with E-state index >= 15 is 0 Å². The Kier molecular flexibility index (Phi) is 5.76. The summed E-state index contributed by atoms with van der Waals surface area (Å²) in [5.41, 5.74) is 7.49. The smallest absolute Gasteiger partial charge is 0.225 e. The average Bonchev–Trinajstić information content (AvgIpc) is 3.15. The molecule has 1 aromatic heterocycles. The van der Waals surface area contributed by atoms with Crippen molar-refractivity contribution in [3.8, 4) is 11.5 Å². The second-order valence-electron chi connectivity index (χ2n) is 6.86. The molecule has 2 N–H and O–H groups in total. The number of methoxy groups -OCH3 is 1. The Morgan fingerprint density at radius 1 is 1.23 bits per heavy atom. The Bertz CT molecular complexity index is 742. The molecular formula is C21H26N2O3. The van der Waals surface area contributed by atoms with Crippen molar-refractivity contribution in [2.75, 3.05) is 7.11 Å². The molecule has 1 aliphatic rings. The van der Waals surface area contributed by atoms with Gasteiger partial charge in [-0.2, -0.15) is 0 Å². The highest BCUT2D eigenvalue weighted by molar-refractivity contribution is 5.83. The van der Waals surface area contributed by atoms with Crippen molar-refractivity contribution < 1.29 is 14.3 Å². The van der Waals surface area contributed by atoms with Gasteiger partial charge in [-0.1, -0.05) is 25.1 Å². The Morgan fingerprint density at radius 2 is 2.00 bits per heavy atom. The van der Waals surface area contributed by atoms with Gasteiger partial charge in [-0.3, -0.25) is 9.78 Å². The molecule has 1 heterocycles. The third-order valence-electron chi connectivity index (χ3n) is 5.16. The number of rotatable bonds is 7.